The summed E-state index contributed by atoms with van der Waals surface area (Å²) in [5, 5.41) is 10.7. The van der Waals surface area contributed by atoms with Crippen LogP contribution in [-0.4, -0.2) is 40.7 Å². The molecule has 0 saturated heterocycles. The second kappa shape index (κ2) is 11.5. The number of ether oxygens (including phenoxy) is 1. The number of methoxy groups -OCH3 is 1. The Bertz CT molecular complexity index is 1570. The number of carbonyl (C=O) groups is 1. The van der Waals surface area contributed by atoms with Crippen LogP contribution in [0.5, 0.6) is 5.75 Å². The first-order chi connectivity index (χ1) is 18.6. The molecule has 39 heavy (non-hydrogen) atoms. The molecule has 0 bridgehead atoms. The van der Waals surface area contributed by atoms with E-state index in [2.05, 4.69) is 25.7 Å². The maximum atomic E-state index is 15.2. The standard InChI is InChI=1S/C30H33FN6O2/c1-30(2,3)28(32-4)15-21(12-19-8-7-9-22(13-19)39-6)35-29(38)36-26-11-10-20(14-25(26)31)23-16-33-18-27-24(23)17-34-37(27)5/h7-11,13-18H,12H2,1-6H3,(H2,35,36,38)/b21-15+,32-28?. The molecular formula is C30H33FN6O2. The molecule has 2 amide bonds. The van der Waals surface area contributed by atoms with Crippen LogP contribution < -0.4 is 15.4 Å². The van der Waals surface area contributed by atoms with E-state index in [4.69, 9.17) is 4.74 Å². The SMILES string of the molecule is CN=C(/C=C(\Cc1cccc(OC)c1)NC(=O)Nc1ccc(-c2cncc3c2cnn3C)cc1F)C(C)(C)C. The predicted molar refractivity (Wildman–Crippen MR) is 154 cm³/mol. The molecule has 2 N–H and O–H groups in total. The van der Waals surface area contributed by atoms with E-state index in [-0.39, 0.29) is 11.1 Å². The van der Waals surface area contributed by atoms with Crippen LogP contribution in [0.3, 0.4) is 0 Å². The molecule has 8 nitrogen and oxygen atoms in total. The Balaban J connectivity index is 1.57. The van der Waals surface area contributed by atoms with E-state index in [0.717, 1.165) is 33.5 Å². The van der Waals surface area contributed by atoms with Gasteiger partial charge in [0.25, 0.3) is 0 Å². The van der Waals surface area contributed by atoms with Gasteiger partial charge < -0.3 is 15.4 Å². The highest BCUT2D eigenvalue weighted by molar-refractivity contribution is 6.00. The third kappa shape index (κ3) is 6.49. The average molecular weight is 529 g/mol. The normalized spacial score (nSPS) is 12.5. The second-order valence-corrected chi connectivity index (χ2v) is 10.2. The smallest absolute Gasteiger partial charge is 0.323 e. The van der Waals surface area contributed by atoms with Gasteiger partial charge in [-0.1, -0.05) is 39.0 Å². The molecular weight excluding hydrogens is 495 g/mol. The van der Waals surface area contributed by atoms with Crippen molar-refractivity contribution in [2.75, 3.05) is 19.5 Å². The number of benzene rings is 2. The fourth-order valence-corrected chi connectivity index (χ4v) is 4.29. The molecule has 0 aliphatic carbocycles. The molecule has 202 valence electrons. The summed E-state index contributed by atoms with van der Waals surface area (Å²) in [4.78, 5) is 21.7. The highest BCUT2D eigenvalue weighted by Gasteiger charge is 2.19. The van der Waals surface area contributed by atoms with Gasteiger partial charge in [-0.05, 0) is 41.5 Å². The van der Waals surface area contributed by atoms with Crippen LogP contribution in [0.25, 0.3) is 22.0 Å². The number of allylic oxidation sites excluding steroid dienone is 2. The number of fused-ring (bicyclic) bond motifs is 1. The molecule has 2 aromatic heterocycles. The number of aliphatic imine (C=N–C) groups is 1. The second-order valence-electron chi connectivity index (χ2n) is 10.2. The first-order valence-electron chi connectivity index (χ1n) is 12.5. The largest absolute Gasteiger partial charge is 0.497 e. The van der Waals surface area contributed by atoms with E-state index < -0.39 is 11.8 Å². The lowest BCUT2D eigenvalue weighted by atomic mass is 9.89. The molecule has 0 atom stereocenters. The van der Waals surface area contributed by atoms with Crippen molar-refractivity contribution in [3.63, 3.8) is 0 Å². The summed E-state index contributed by atoms with van der Waals surface area (Å²) in [6, 6.07) is 11.7. The molecule has 0 fully saturated rings. The van der Waals surface area contributed by atoms with Crippen LogP contribution in [0, 0.1) is 11.2 Å². The summed E-state index contributed by atoms with van der Waals surface area (Å²) in [7, 11) is 5.16. The van der Waals surface area contributed by atoms with Crippen molar-refractivity contribution >= 4 is 28.3 Å². The third-order valence-corrected chi connectivity index (χ3v) is 6.33. The average Bonchev–Trinajstić information content (AvgIpc) is 3.28. The third-order valence-electron chi connectivity index (χ3n) is 6.33. The van der Waals surface area contributed by atoms with Crippen molar-refractivity contribution in [2.45, 2.75) is 27.2 Å². The topological polar surface area (TPSA) is 93.4 Å². The zero-order chi connectivity index (χ0) is 28.2. The van der Waals surface area contributed by atoms with Crippen molar-refractivity contribution in [1.29, 1.82) is 0 Å². The minimum Gasteiger partial charge on any atom is -0.497 e. The van der Waals surface area contributed by atoms with Gasteiger partial charge in [0.15, 0.2) is 0 Å². The summed E-state index contributed by atoms with van der Waals surface area (Å²) >= 11 is 0. The van der Waals surface area contributed by atoms with Gasteiger partial charge in [-0.2, -0.15) is 5.10 Å². The van der Waals surface area contributed by atoms with E-state index in [1.54, 1.807) is 49.6 Å². The molecule has 2 heterocycles. The number of aryl methyl sites for hydroxylation is 1. The number of carbonyl (C=O) groups excluding carboxylic acids is 1. The molecule has 0 spiro atoms. The van der Waals surface area contributed by atoms with Gasteiger partial charge in [-0.25, -0.2) is 9.18 Å². The molecule has 2 aromatic carbocycles. The lowest BCUT2D eigenvalue weighted by molar-refractivity contribution is 0.254. The Hall–Kier alpha value is -4.53. The molecule has 0 saturated carbocycles. The maximum Gasteiger partial charge on any atom is 0.323 e. The van der Waals surface area contributed by atoms with Crippen LogP contribution in [0.15, 0.2) is 77.8 Å². The number of hydrogen-bond acceptors (Lipinski definition) is 5. The van der Waals surface area contributed by atoms with E-state index in [1.165, 1.54) is 6.07 Å². The van der Waals surface area contributed by atoms with E-state index in [9.17, 15) is 4.79 Å². The Morgan fingerprint density at radius 2 is 1.95 bits per heavy atom. The first kappa shape index (κ1) is 27.5. The number of amides is 2. The van der Waals surface area contributed by atoms with Gasteiger partial charge in [0, 0.05) is 54.5 Å². The summed E-state index contributed by atoms with van der Waals surface area (Å²) < 4.78 is 22.2. The number of pyridine rings is 1. The molecule has 0 unspecified atom stereocenters. The first-order valence-corrected chi connectivity index (χ1v) is 12.5. The lowest BCUT2D eigenvalue weighted by Crippen LogP contribution is -2.31. The van der Waals surface area contributed by atoms with Gasteiger partial charge in [0.2, 0.25) is 0 Å². The number of urea groups is 1. The molecule has 0 aliphatic heterocycles. The van der Waals surface area contributed by atoms with Crippen molar-refractivity contribution in [1.82, 2.24) is 20.1 Å². The summed E-state index contributed by atoms with van der Waals surface area (Å²) in [5.74, 6) is 0.156. The van der Waals surface area contributed by atoms with Gasteiger partial charge in [0.1, 0.15) is 11.6 Å². The Morgan fingerprint density at radius 1 is 1.15 bits per heavy atom. The minimum absolute atomic E-state index is 0.0588. The number of aromatic nitrogens is 3. The maximum absolute atomic E-state index is 15.2. The fourth-order valence-electron chi connectivity index (χ4n) is 4.29. The number of halogens is 1. The Labute approximate surface area is 227 Å². The number of rotatable bonds is 7. The quantitative estimate of drug-likeness (QED) is 0.282. The van der Waals surface area contributed by atoms with E-state index >= 15 is 4.39 Å². The summed E-state index contributed by atoms with van der Waals surface area (Å²) in [6.45, 7) is 6.15. The summed E-state index contributed by atoms with van der Waals surface area (Å²) in [5.41, 5.74) is 4.43. The van der Waals surface area contributed by atoms with Gasteiger partial charge in [-0.3, -0.25) is 14.7 Å². The van der Waals surface area contributed by atoms with Crippen LogP contribution in [-0.2, 0) is 13.5 Å². The van der Waals surface area contributed by atoms with Crippen LogP contribution in [0.2, 0.25) is 0 Å². The predicted octanol–water partition coefficient (Wildman–Crippen LogP) is 6.15. The number of nitrogens with one attached hydrogen (secondary N) is 2. The zero-order valence-corrected chi connectivity index (χ0v) is 23.0. The fraction of sp³-hybridized carbons (Fsp3) is 0.267. The number of nitrogens with zero attached hydrogens (tertiary/aromatic N) is 4. The van der Waals surface area contributed by atoms with E-state index in [0.29, 0.717) is 17.7 Å². The molecule has 4 aromatic rings. The van der Waals surface area contributed by atoms with Crippen LogP contribution in [0.1, 0.15) is 26.3 Å². The number of hydrogen-bond donors (Lipinski definition) is 2. The van der Waals surface area contributed by atoms with Gasteiger partial charge in [-0.15, -0.1) is 0 Å². The molecule has 9 heteroatoms. The van der Waals surface area contributed by atoms with Crippen molar-refractivity contribution in [2.24, 2.45) is 17.5 Å². The van der Waals surface area contributed by atoms with E-state index in [1.807, 2.05) is 58.2 Å². The highest BCUT2D eigenvalue weighted by atomic mass is 19.1. The van der Waals surface area contributed by atoms with Crippen LogP contribution >= 0.6 is 0 Å². The Kier molecular flexibility index (Phi) is 8.09. The molecule has 0 aliphatic rings. The monoisotopic (exact) mass is 528 g/mol. The Morgan fingerprint density at radius 3 is 2.64 bits per heavy atom. The lowest BCUT2D eigenvalue weighted by Gasteiger charge is -2.20. The summed E-state index contributed by atoms with van der Waals surface area (Å²) in [6.07, 6.45) is 7.40. The van der Waals surface area contributed by atoms with Crippen molar-refractivity contribution in [3.05, 3.63) is 84.2 Å². The van der Waals surface area contributed by atoms with Crippen molar-refractivity contribution in [3.8, 4) is 16.9 Å². The zero-order valence-electron chi connectivity index (χ0n) is 23.0. The van der Waals surface area contributed by atoms with Crippen molar-refractivity contribution < 1.29 is 13.9 Å². The number of anilines is 1. The highest BCUT2D eigenvalue weighted by Crippen LogP contribution is 2.30. The van der Waals surface area contributed by atoms with Gasteiger partial charge in [0.05, 0.1) is 30.7 Å². The molecule has 4 rings (SSSR count). The van der Waals surface area contributed by atoms with Crippen LogP contribution in [0.4, 0.5) is 14.9 Å². The minimum atomic E-state index is -0.563. The molecule has 0 radical (unpaired) electrons. The van der Waals surface area contributed by atoms with Gasteiger partial charge >= 0.3 is 6.03 Å².